The van der Waals surface area contributed by atoms with Gasteiger partial charge in [0.1, 0.15) is 12.4 Å². The normalized spacial score (nSPS) is 10.4. The van der Waals surface area contributed by atoms with Gasteiger partial charge in [0.25, 0.3) is 0 Å². The van der Waals surface area contributed by atoms with Gasteiger partial charge in [0.15, 0.2) is 0 Å². The molecule has 0 fully saturated rings. The first kappa shape index (κ1) is 12.7. The van der Waals surface area contributed by atoms with Crippen molar-refractivity contribution in [3.63, 3.8) is 0 Å². The van der Waals surface area contributed by atoms with Gasteiger partial charge in [-0.25, -0.2) is 0 Å². The SMILES string of the molecule is CCn1cc(COc2cccc(B(O)O)c2)cn1. The number of hydrogen-bond donors (Lipinski definition) is 2. The highest BCUT2D eigenvalue weighted by atomic mass is 16.5. The molecule has 18 heavy (non-hydrogen) atoms. The van der Waals surface area contributed by atoms with Gasteiger partial charge in [-0.15, -0.1) is 0 Å². The Balaban J connectivity index is 1.99. The molecule has 6 heteroatoms. The summed E-state index contributed by atoms with van der Waals surface area (Å²) < 4.78 is 7.39. The van der Waals surface area contributed by atoms with E-state index in [1.54, 1.807) is 30.5 Å². The summed E-state index contributed by atoms with van der Waals surface area (Å²) in [6, 6.07) is 6.73. The maximum Gasteiger partial charge on any atom is 0.488 e. The monoisotopic (exact) mass is 246 g/mol. The van der Waals surface area contributed by atoms with Gasteiger partial charge in [-0.05, 0) is 24.5 Å². The van der Waals surface area contributed by atoms with Crippen molar-refractivity contribution in [2.75, 3.05) is 0 Å². The Labute approximate surface area is 106 Å². The molecule has 94 valence electrons. The lowest BCUT2D eigenvalue weighted by atomic mass is 9.80. The third-order valence-electron chi connectivity index (χ3n) is 2.57. The summed E-state index contributed by atoms with van der Waals surface area (Å²) in [5.74, 6) is 0.602. The van der Waals surface area contributed by atoms with Crippen LogP contribution in [0.4, 0.5) is 0 Å². The van der Waals surface area contributed by atoms with E-state index < -0.39 is 7.12 Å². The first-order valence-corrected chi connectivity index (χ1v) is 5.79. The van der Waals surface area contributed by atoms with Crippen LogP contribution in [0.2, 0.25) is 0 Å². The quantitative estimate of drug-likeness (QED) is 0.737. The summed E-state index contributed by atoms with van der Waals surface area (Å²) >= 11 is 0. The molecular weight excluding hydrogens is 231 g/mol. The number of aromatic nitrogens is 2. The predicted octanol–water partition coefficient (Wildman–Crippen LogP) is 0.162. The fraction of sp³-hybridized carbons (Fsp3) is 0.250. The average molecular weight is 246 g/mol. The van der Waals surface area contributed by atoms with Gasteiger partial charge >= 0.3 is 7.12 Å². The average Bonchev–Trinajstić information content (AvgIpc) is 2.84. The summed E-state index contributed by atoms with van der Waals surface area (Å²) in [5.41, 5.74) is 1.39. The molecule has 0 radical (unpaired) electrons. The third-order valence-corrected chi connectivity index (χ3v) is 2.57. The Morgan fingerprint density at radius 1 is 1.39 bits per heavy atom. The lowest BCUT2D eigenvalue weighted by Gasteiger charge is -2.06. The van der Waals surface area contributed by atoms with E-state index in [0.29, 0.717) is 17.8 Å². The van der Waals surface area contributed by atoms with Crippen LogP contribution in [0.25, 0.3) is 0 Å². The molecule has 0 unspecified atom stereocenters. The second-order valence-electron chi connectivity index (χ2n) is 3.94. The van der Waals surface area contributed by atoms with E-state index in [0.717, 1.165) is 12.1 Å². The molecule has 0 aliphatic heterocycles. The summed E-state index contributed by atoms with van der Waals surface area (Å²) in [6.45, 7) is 3.25. The second-order valence-corrected chi connectivity index (χ2v) is 3.94. The molecule has 0 saturated carbocycles. The van der Waals surface area contributed by atoms with Crippen LogP contribution in [0.1, 0.15) is 12.5 Å². The predicted molar refractivity (Wildman–Crippen MR) is 68.5 cm³/mol. The molecule has 0 spiro atoms. The standard InChI is InChI=1S/C12H15BN2O3/c1-2-15-8-10(7-14-15)9-18-12-5-3-4-11(6-12)13(16)17/h3-8,16-17H,2,9H2,1H3. The molecular formula is C12H15BN2O3. The minimum Gasteiger partial charge on any atom is -0.489 e. The van der Waals surface area contributed by atoms with E-state index in [1.807, 2.05) is 17.8 Å². The van der Waals surface area contributed by atoms with Gasteiger partial charge in [-0.3, -0.25) is 4.68 Å². The number of benzene rings is 1. The lowest BCUT2D eigenvalue weighted by molar-refractivity contribution is 0.306. The summed E-state index contributed by atoms with van der Waals surface area (Å²) in [4.78, 5) is 0. The number of hydrogen-bond acceptors (Lipinski definition) is 4. The van der Waals surface area contributed by atoms with Gasteiger partial charge in [0.05, 0.1) is 6.20 Å². The first-order chi connectivity index (χ1) is 8.69. The van der Waals surface area contributed by atoms with Crippen molar-refractivity contribution in [1.82, 2.24) is 9.78 Å². The van der Waals surface area contributed by atoms with E-state index in [1.165, 1.54) is 0 Å². The van der Waals surface area contributed by atoms with Crippen LogP contribution in [-0.2, 0) is 13.2 Å². The number of rotatable bonds is 5. The number of nitrogens with zero attached hydrogens (tertiary/aromatic N) is 2. The van der Waals surface area contributed by atoms with Crippen LogP contribution < -0.4 is 10.2 Å². The zero-order valence-electron chi connectivity index (χ0n) is 10.2. The Hall–Kier alpha value is -1.79. The number of ether oxygens (including phenoxy) is 1. The molecule has 0 amide bonds. The van der Waals surface area contributed by atoms with Gasteiger partial charge < -0.3 is 14.8 Å². The van der Waals surface area contributed by atoms with Crippen LogP contribution in [0.3, 0.4) is 0 Å². The van der Waals surface area contributed by atoms with Crippen molar-refractivity contribution in [3.8, 4) is 5.75 Å². The zero-order valence-corrected chi connectivity index (χ0v) is 10.2. The Bertz CT molecular complexity index is 514. The summed E-state index contributed by atoms with van der Waals surface area (Å²) in [5, 5.41) is 22.3. The van der Waals surface area contributed by atoms with Crippen LogP contribution >= 0.6 is 0 Å². The van der Waals surface area contributed by atoms with E-state index in [2.05, 4.69) is 5.10 Å². The molecule has 2 aromatic rings. The molecule has 0 atom stereocenters. The van der Waals surface area contributed by atoms with Gasteiger partial charge in [-0.1, -0.05) is 12.1 Å². The number of aryl methyl sites for hydroxylation is 1. The molecule has 1 aromatic heterocycles. The van der Waals surface area contributed by atoms with Crippen molar-refractivity contribution < 1.29 is 14.8 Å². The Morgan fingerprint density at radius 2 is 2.22 bits per heavy atom. The highest BCUT2D eigenvalue weighted by Crippen LogP contribution is 2.10. The molecule has 0 saturated heterocycles. The second kappa shape index (κ2) is 5.70. The van der Waals surface area contributed by atoms with Gasteiger partial charge in [0, 0.05) is 18.3 Å². The molecule has 0 aliphatic rings. The van der Waals surface area contributed by atoms with Crippen LogP contribution in [0, 0.1) is 0 Å². The highest BCUT2D eigenvalue weighted by molar-refractivity contribution is 6.58. The minimum atomic E-state index is -1.48. The first-order valence-electron chi connectivity index (χ1n) is 5.79. The third kappa shape index (κ3) is 3.12. The fourth-order valence-electron chi connectivity index (χ4n) is 1.59. The summed E-state index contributed by atoms with van der Waals surface area (Å²) in [6.07, 6.45) is 3.68. The largest absolute Gasteiger partial charge is 0.489 e. The van der Waals surface area contributed by atoms with E-state index in [4.69, 9.17) is 14.8 Å². The molecule has 2 rings (SSSR count). The van der Waals surface area contributed by atoms with Crippen molar-refractivity contribution in [2.45, 2.75) is 20.1 Å². The molecule has 0 aliphatic carbocycles. The fourth-order valence-corrected chi connectivity index (χ4v) is 1.59. The Morgan fingerprint density at radius 3 is 2.89 bits per heavy atom. The van der Waals surface area contributed by atoms with E-state index >= 15 is 0 Å². The maximum absolute atomic E-state index is 9.06. The Kier molecular flexibility index (Phi) is 4.01. The van der Waals surface area contributed by atoms with Crippen molar-refractivity contribution >= 4 is 12.6 Å². The van der Waals surface area contributed by atoms with Gasteiger partial charge in [-0.2, -0.15) is 5.10 Å². The molecule has 1 aromatic carbocycles. The van der Waals surface area contributed by atoms with Crippen LogP contribution in [0.5, 0.6) is 5.75 Å². The van der Waals surface area contributed by atoms with Crippen molar-refractivity contribution in [3.05, 3.63) is 42.2 Å². The maximum atomic E-state index is 9.06. The molecule has 0 bridgehead atoms. The van der Waals surface area contributed by atoms with Crippen LogP contribution in [-0.4, -0.2) is 26.9 Å². The zero-order chi connectivity index (χ0) is 13.0. The van der Waals surface area contributed by atoms with E-state index in [-0.39, 0.29) is 0 Å². The molecule has 1 heterocycles. The highest BCUT2D eigenvalue weighted by Gasteiger charge is 2.11. The van der Waals surface area contributed by atoms with E-state index in [9.17, 15) is 0 Å². The van der Waals surface area contributed by atoms with Crippen LogP contribution in [0.15, 0.2) is 36.7 Å². The van der Waals surface area contributed by atoms with Crippen molar-refractivity contribution in [1.29, 1.82) is 0 Å². The lowest BCUT2D eigenvalue weighted by Crippen LogP contribution is -2.29. The minimum absolute atomic E-state index is 0.408. The molecule has 2 N–H and O–H groups in total. The summed E-state index contributed by atoms with van der Waals surface area (Å²) in [7, 11) is -1.48. The molecule has 5 nitrogen and oxygen atoms in total. The van der Waals surface area contributed by atoms with Gasteiger partial charge in [0.2, 0.25) is 0 Å². The smallest absolute Gasteiger partial charge is 0.488 e. The van der Waals surface area contributed by atoms with Crippen molar-refractivity contribution in [2.24, 2.45) is 0 Å². The topological polar surface area (TPSA) is 67.5 Å².